The molecule has 0 unspecified atom stereocenters. The molecule has 2 heterocycles. The summed E-state index contributed by atoms with van der Waals surface area (Å²) in [6.07, 6.45) is 1.72. The number of fused-ring (bicyclic) bond motifs is 1. The van der Waals surface area contributed by atoms with Gasteiger partial charge >= 0.3 is 0 Å². The van der Waals surface area contributed by atoms with Gasteiger partial charge in [-0.2, -0.15) is 9.50 Å². The van der Waals surface area contributed by atoms with E-state index in [0.29, 0.717) is 24.8 Å². The second-order valence-corrected chi connectivity index (χ2v) is 4.43. The van der Waals surface area contributed by atoms with Crippen molar-refractivity contribution in [3.8, 4) is 17.0 Å². The number of ether oxygens (including phenoxy) is 2. The van der Waals surface area contributed by atoms with Crippen molar-refractivity contribution in [1.29, 1.82) is 0 Å². The summed E-state index contributed by atoms with van der Waals surface area (Å²) in [6.45, 7) is 2.93. The van der Waals surface area contributed by atoms with Gasteiger partial charge in [0.1, 0.15) is 12.4 Å². The van der Waals surface area contributed by atoms with Gasteiger partial charge in [-0.3, -0.25) is 0 Å². The molecule has 0 N–H and O–H groups in total. The van der Waals surface area contributed by atoms with Crippen LogP contribution in [0.4, 0.5) is 0 Å². The van der Waals surface area contributed by atoms with E-state index in [1.54, 1.807) is 17.8 Å². The predicted octanol–water partition coefficient (Wildman–Crippen LogP) is 2.34. The van der Waals surface area contributed by atoms with E-state index in [4.69, 9.17) is 9.47 Å². The van der Waals surface area contributed by atoms with Crippen LogP contribution >= 0.6 is 0 Å². The smallest absolute Gasteiger partial charge is 0.253 e. The van der Waals surface area contributed by atoms with Crippen LogP contribution in [0.25, 0.3) is 17.0 Å². The molecule has 108 valence electrons. The number of hydrogen-bond acceptors (Lipinski definition) is 5. The fourth-order valence-corrected chi connectivity index (χ4v) is 2.19. The molecule has 3 rings (SSSR count). The molecule has 0 bridgehead atoms. The maximum atomic E-state index is 5.69. The maximum Gasteiger partial charge on any atom is 0.253 e. The van der Waals surface area contributed by atoms with Crippen LogP contribution in [0.2, 0.25) is 0 Å². The van der Waals surface area contributed by atoms with E-state index >= 15 is 0 Å². The number of benzene rings is 1. The Morgan fingerprint density at radius 1 is 1.19 bits per heavy atom. The molecule has 0 atom stereocenters. The van der Waals surface area contributed by atoms with E-state index in [2.05, 4.69) is 15.1 Å². The second-order valence-electron chi connectivity index (χ2n) is 4.43. The molecule has 3 aromatic rings. The van der Waals surface area contributed by atoms with Gasteiger partial charge in [0.25, 0.3) is 5.78 Å². The van der Waals surface area contributed by atoms with Gasteiger partial charge in [-0.1, -0.05) is 12.1 Å². The Hall–Kier alpha value is -2.47. The molecule has 1 aromatic carbocycles. The molecular weight excluding hydrogens is 268 g/mol. The first-order valence-electron chi connectivity index (χ1n) is 6.75. The Kier molecular flexibility index (Phi) is 3.79. The zero-order valence-electron chi connectivity index (χ0n) is 12.0. The first-order valence-corrected chi connectivity index (χ1v) is 6.75. The van der Waals surface area contributed by atoms with Crippen LogP contribution in [-0.4, -0.2) is 33.3 Å². The highest BCUT2D eigenvalue weighted by molar-refractivity contribution is 5.68. The molecule has 0 saturated heterocycles. The lowest BCUT2D eigenvalue weighted by Gasteiger charge is -2.10. The standard InChI is InChI=1S/C15H16N4O2/c1-3-21-13-7-5-4-6-11(13)12-8-9-16-15-17-14(10-20-2)18-19(12)15/h4-9H,3,10H2,1-2H3. The molecule has 6 nitrogen and oxygen atoms in total. The van der Waals surface area contributed by atoms with Gasteiger partial charge in [0.15, 0.2) is 5.82 Å². The fourth-order valence-electron chi connectivity index (χ4n) is 2.19. The zero-order chi connectivity index (χ0) is 14.7. The summed E-state index contributed by atoms with van der Waals surface area (Å²) >= 11 is 0. The van der Waals surface area contributed by atoms with Gasteiger partial charge in [0, 0.05) is 18.9 Å². The normalized spacial score (nSPS) is 11.0. The van der Waals surface area contributed by atoms with Crippen molar-refractivity contribution >= 4 is 5.78 Å². The number of rotatable bonds is 5. The lowest BCUT2D eigenvalue weighted by Crippen LogP contribution is -2.00. The summed E-state index contributed by atoms with van der Waals surface area (Å²) in [5.41, 5.74) is 1.85. The van der Waals surface area contributed by atoms with Crippen LogP contribution in [0.1, 0.15) is 12.7 Å². The van der Waals surface area contributed by atoms with Gasteiger partial charge < -0.3 is 9.47 Å². The Balaban J connectivity index is 2.16. The van der Waals surface area contributed by atoms with Gasteiger partial charge in [0.2, 0.25) is 0 Å². The highest BCUT2D eigenvalue weighted by atomic mass is 16.5. The van der Waals surface area contributed by atoms with E-state index < -0.39 is 0 Å². The van der Waals surface area contributed by atoms with Crippen LogP contribution in [0.5, 0.6) is 5.75 Å². The van der Waals surface area contributed by atoms with E-state index in [-0.39, 0.29) is 0 Å². The number of para-hydroxylation sites is 1. The third-order valence-corrected chi connectivity index (χ3v) is 3.02. The predicted molar refractivity (Wildman–Crippen MR) is 78.1 cm³/mol. The Labute approximate surface area is 122 Å². The van der Waals surface area contributed by atoms with E-state index in [1.165, 1.54) is 0 Å². The number of hydrogen-bond donors (Lipinski definition) is 0. The molecule has 0 aliphatic carbocycles. The fraction of sp³-hybridized carbons (Fsp3) is 0.267. The topological polar surface area (TPSA) is 61.5 Å². The summed E-state index contributed by atoms with van der Waals surface area (Å²) in [6, 6.07) is 9.76. The van der Waals surface area contributed by atoms with Gasteiger partial charge in [-0.25, -0.2) is 4.98 Å². The minimum Gasteiger partial charge on any atom is -0.493 e. The van der Waals surface area contributed by atoms with Crippen molar-refractivity contribution in [3.05, 3.63) is 42.4 Å². The number of nitrogens with zero attached hydrogens (tertiary/aromatic N) is 4. The molecule has 0 amide bonds. The third kappa shape index (κ3) is 2.57. The van der Waals surface area contributed by atoms with Crippen molar-refractivity contribution < 1.29 is 9.47 Å². The molecule has 2 aromatic heterocycles. The summed E-state index contributed by atoms with van der Waals surface area (Å²) in [5, 5.41) is 4.44. The maximum absolute atomic E-state index is 5.69. The Morgan fingerprint density at radius 2 is 2.05 bits per heavy atom. The third-order valence-electron chi connectivity index (χ3n) is 3.02. The summed E-state index contributed by atoms with van der Waals surface area (Å²) in [4.78, 5) is 8.58. The summed E-state index contributed by atoms with van der Waals surface area (Å²) in [5.74, 6) is 1.97. The van der Waals surface area contributed by atoms with Crippen LogP contribution in [0.15, 0.2) is 36.5 Å². The quantitative estimate of drug-likeness (QED) is 0.719. The Morgan fingerprint density at radius 3 is 2.86 bits per heavy atom. The Bertz CT molecular complexity index is 754. The molecule has 0 fully saturated rings. The molecular formula is C15H16N4O2. The first kappa shape index (κ1) is 13.5. The first-order chi connectivity index (χ1) is 10.3. The van der Waals surface area contributed by atoms with Crippen molar-refractivity contribution in [2.24, 2.45) is 0 Å². The van der Waals surface area contributed by atoms with Crippen LogP contribution < -0.4 is 4.74 Å². The number of methoxy groups -OCH3 is 1. The molecule has 0 aliphatic heterocycles. The van der Waals surface area contributed by atoms with Gasteiger partial charge in [0.05, 0.1) is 12.3 Å². The molecule has 0 spiro atoms. The average molecular weight is 284 g/mol. The zero-order valence-corrected chi connectivity index (χ0v) is 12.0. The van der Waals surface area contributed by atoms with Crippen molar-refractivity contribution in [1.82, 2.24) is 19.6 Å². The molecule has 0 aliphatic rings. The van der Waals surface area contributed by atoms with E-state index in [0.717, 1.165) is 17.0 Å². The second kappa shape index (κ2) is 5.88. The average Bonchev–Trinajstić information content (AvgIpc) is 2.91. The largest absolute Gasteiger partial charge is 0.493 e. The van der Waals surface area contributed by atoms with E-state index in [9.17, 15) is 0 Å². The summed E-state index contributed by atoms with van der Waals surface area (Å²) in [7, 11) is 1.62. The highest BCUT2D eigenvalue weighted by Gasteiger charge is 2.13. The lowest BCUT2D eigenvalue weighted by atomic mass is 10.1. The van der Waals surface area contributed by atoms with Crippen molar-refractivity contribution in [3.63, 3.8) is 0 Å². The SMILES string of the molecule is CCOc1ccccc1-c1ccnc2nc(COC)nn12. The van der Waals surface area contributed by atoms with Crippen LogP contribution in [-0.2, 0) is 11.3 Å². The van der Waals surface area contributed by atoms with Crippen LogP contribution in [0.3, 0.4) is 0 Å². The molecule has 0 saturated carbocycles. The molecule has 0 radical (unpaired) electrons. The van der Waals surface area contributed by atoms with Gasteiger partial charge in [-0.05, 0) is 25.1 Å². The monoisotopic (exact) mass is 284 g/mol. The minimum atomic E-state index is 0.357. The highest BCUT2D eigenvalue weighted by Crippen LogP contribution is 2.29. The van der Waals surface area contributed by atoms with Crippen LogP contribution in [0, 0.1) is 0 Å². The van der Waals surface area contributed by atoms with Crippen molar-refractivity contribution in [2.45, 2.75) is 13.5 Å². The van der Waals surface area contributed by atoms with E-state index in [1.807, 2.05) is 37.3 Å². The minimum absolute atomic E-state index is 0.357. The molecule has 6 heteroatoms. The number of aromatic nitrogens is 4. The summed E-state index contributed by atoms with van der Waals surface area (Å²) < 4.78 is 12.5. The van der Waals surface area contributed by atoms with Gasteiger partial charge in [-0.15, -0.1) is 5.10 Å². The lowest BCUT2D eigenvalue weighted by molar-refractivity contribution is 0.178. The molecule has 21 heavy (non-hydrogen) atoms. The van der Waals surface area contributed by atoms with Crippen molar-refractivity contribution in [2.75, 3.05) is 13.7 Å².